The number of ether oxygens (including phenoxy) is 1. The van der Waals surface area contributed by atoms with E-state index in [1.165, 1.54) is 15.8 Å². The number of carbonyl (C=O) groups excluding carboxylic acids is 4. The standard InChI is InChI=1S/C36H43N9O14P2/c37-36-41-31-28(33(51)42-36)43(16-20-8-3-1-4-9-20)19-45(31)35-30(49)29(48)25(58-35)18-57-61(55,56)59-60(53,54)38-15-6-2-5-12-26(46)39-23-11-7-10-21-22(23)17-44(34(21)52)24-13-14-27(47)40-32(24)50/h1,3-4,7-11,19,24-25,29-30,35,48-49H,2,5-6,12-18H2,(H7-,37,38,39,40,41,42,46,47,50,51,53,54,55,56)/p+1/t24?,25-,29-,30-,35-/m1/s1. The van der Waals surface area contributed by atoms with Gasteiger partial charge in [0.2, 0.25) is 29.5 Å². The molecule has 7 rings (SSSR count). The molecule has 0 saturated carbocycles. The van der Waals surface area contributed by atoms with Crippen molar-refractivity contribution in [1.82, 2.24) is 29.8 Å². The van der Waals surface area contributed by atoms with Gasteiger partial charge >= 0.3 is 21.2 Å². The molecule has 7 atom stereocenters. The minimum Gasteiger partial charge on any atom is -0.387 e. The average Bonchev–Trinajstić information content (AvgIpc) is 3.82. The fourth-order valence-corrected chi connectivity index (χ4v) is 9.75. The van der Waals surface area contributed by atoms with Crippen LogP contribution >= 0.6 is 15.6 Å². The van der Waals surface area contributed by atoms with Gasteiger partial charge in [-0.2, -0.15) is 4.31 Å². The molecular weight excluding hydrogens is 844 g/mol. The molecule has 2 saturated heterocycles. The quantitative estimate of drug-likeness (QED) is 0.0293. The van der Waals surface area contributed by atoms with Gasteiger partial charge in [0.1, 0.15) is 24.4 Å². The number of H-pyrrole nitrogens is 1. The summed E-state index contributed by atoms with van der Waals surface area (Å²) in [5.74, 6) is -1.91. The minimum absolute atomic E-state index is 0.0112. The van der Waals surface area contributed by atoms with Crippen LogP contribution in [0.15, 0.2) is 59.7 Å². The smallest absolute Gasteiger partial charge is 0.387 e. The van der Waals surface area contributed by atoms with Crippen LogP contribution in [0.1, 0.15) is 66.2 Å². The largest absolute Gasteiger partial charge is 0.480 e. The summed E-state index contributed by atoms with van der Waals surface area (Å²) in [5, 5.41) is 28.9. The summed E-state index contributed by atoms with van der Waals surface area (Å²) in [5.41, 5.74) is 7.44. The maximum Gasteiger partial charge on any atom is 0.480 e. The number of nitrogen functional groups attached to an aromatic ring is 1. The van der Waals surface area contributed by atoms with E-state index in [1.807, 2.05) is 30.3 Å². The number of benzene rings is 2. The zero-order chi connectivity index (χ0) is 43.6. The third kappa shape index (κ3) is 9.97. The summed E-state index contributed by atoms with van der Waals surface area (Å²) in [6.45, 7) is -0.733. The third-order valence-corrected chi connectivity index (χ3v) is 13.2. The summed E-state index contributed by atoms with van der Waals surface area (Å²) in [7, 11) is -10.2. The highest BCUT2D eigenvalue weighted by Gasteiger charge is 2.48. The number of nitrogens with two attached hydrogens (primary N) is 1. The number of rotatable bonds is 17. The van der Waals surface area contributed by atoms with Crippen LogP contribution in [0.25, 0.3) is 11.2 Å². The highest BCUT2D eigenvalue weighted by Crippen LogP contribution is 2.58. The van der Waals surface area contributed by atoms with Gasteiger partial charge in [-0.05, 0) is 37.0 Å². The number of amides is 4. The molecule has 2 aromatic carbocycles. The first-order valence-corrected chi connectivity index (χ1v) is 22.3. The number of nitrogens with zero attached hydrogens (tertiary/aromatic N) is 4. The molecule has 10 N–H and O–H groups in total. The van der Waals surface area contributed by atoms with Crippen LogP contribution in [0.3, 0.4) is 0 Å². The van der Waals surface area contributed by atoms with E-state index in [0.717, 1.165) is 5.56 Å². The zero-order valence-electron chi connectivity index (χ0n) is 32.3. The number of aliphatic hydroxyl groups excluding tert-OH is 2. The van der Waals surface area contributed by atoms with Crippen molar-refractivity contribution in [3.8, 4) is 0 Å². The number of nitrogens with one attached hydrogen (secondary N) is 4. The van der Waals surface area contributed by atoms with Crippen LogP contribution in [0.4, 0.5) is 11.6 Å². The molecule has 0 aliphatic carbocycles. The predicted octanol–water partition coefficient (Wildman–Crippen LogP) is 0.0455. The van der Waals surface area contributed by atoms with E-state index < -0.39 is 70.1 Å². The topological polar surface area (TPSA) is 331 Å². The van der Waals surface area contributed by atoms with E-state index in [1.54, 1.807) is 22.8 Å². The van der Waals surface area contributed by atoms with Crippen LogP contribution < -0.4 is 31.6 Å². The maximum absolute atomic E-state index is 13.1. The molecule has 326 valence electrons. The van der Waals surface area contributed by atoms with E-state index in [-0.39, 0.29) is 74.2 Å². The molecule has 4 aromatic rings. The number of imidazole rings is 1. The van der Waals surface area contributed by atoms with Crippen molar-refractivity contribution < 1.29 is 66.4 Å². The van der Waals surface area contributed by atoms with Crippen molar-refractivity contribution in [2.45, 2.75) is 82.2 Å². The lowest BCUT2D eigenvalue weighted by Crippen LogP contribution is -2.52. The number of carbonyl (C=O) groups is 4. The molecule has 3 aliphatic rings. The van der Waals surface area contributed by atoms with Gasteiger partial charge in [-0.3, -0.25) is 43.4 Å². The summed E-state index contributed by atoms with van der Waals surface area (Å²) in [4.78, 5) is 91.2. The van der Waals surface area contributed by atoms with E-state index in [0.29, 0.717) is 29.7 Å². The van der Waals surface area contributed by atoms with Crippen molar-refractivity contribution in [1.29, 1.82) is 0 Å². The van der Waals surface area contributed by atoms with Crippen LogP contribution in [0.5, 0.6) is 0 Å². The van der Waals surface area contributed by atoms with Gasteiger partial charge < -0.3 is 40.7 Å². The number of phosphoric ester groups is 1. The molecular formula is C36H44N9O14P2+. The summed E-state index contributed by atoms with van der Waals surface area (Å²) in [6.07, 6.45) is -3.39. The second-order valence-corrected chi connectivity index (χ2v) is 17.9. The highest BCUT2D eigenvalue weighted by molar-refractivity contribution is 7.62. The van der Waals surface area contributed by atoms with Crippen LogP contribution in [0, 0.1) is 0 Å². The SMILES string of the molecule is Nc1nc2c(c(=O)[nH]1)n(Cc1ccccc1)c[n+]2[C@@H]1O[C@H](COP(=O)(O)OP(=O)(O)NCCCCCC(=O)Nc2cccc3c2CN(C2CCC(=O)NC2=O)C3=O)[C@@H](O)[C@H]1O. The molecule has 3 unspecified atom stereocenters. The lowest BCUT2D eigenvalue weighted by atomic mass is 10.0. The van der Waals surface area contributed by atoms with E-state index >= 15 is 0 Å². The fourth-order valence-electron chi connectivity index (χ4n) is 7.44. The lowest BCUT2D eigenvalue weighted by Gasteiger charge is -2.29. The molecule has 23 nitrogen and oxygen atoms in total. The number of aliphatic hydroxyl groups is 2. The first-order chi connectivity index (χ1) is 29.0. The Balaban J connectivity index is 0.856. The summed E-state index contributed by atoms with van der Waals surface area (Å²) >= 11 is 0. The fraction of sp³-hybridized carbons (Fsp3) is 0.417. The Hall–Kier alpha value is -5.19. The number of piperidine rings is 1. The Morgan fingerprint density at radius 2 is 1.80 bits per heavy atom. The van der Waals surface area contributed by atoms with Crippen LogP contribution in [-0.2, 0) is 50.2 Å². The third-order valence-electron chi connectivity index (χ3n) is 10.4. The van der Waals surface area contributed by atoms with Gasteiger partial charge in [0.25, 0.3) is 17.4 Å². The first kappa shape index (κ1) is 43.9. The van der Waals surface area contributed by atoms with E-state index in [2.05, 4.69) is 30.0 Å². The second-order valence-electron chi connectivity index (χ2n) is 14.7. The number of anilines is 2. The maximum atomic E-state index is 13.1. The Kier molecular flexibility index (Phi) is 13.0. The molecule has 3 aliphatic heterocycles. The number of fused-ring (bicyclic) bond motifs is 2. The monoisotopic (exact) mass is 888 g/mol. The van der Waals surface area contributed by atoms with Gasteiger partial charge in [-0.25, -0.2) is 18.8 Å². The second kappa shape index (κ2) is 18.0. The van der Waals surface area contributed by atoms with Gasteiger partial charge in [0.05, 0.1) is 13.2 Å². The molecule has 2 fully saturated rings. The van der Waals surface area contributed by atoms with Crippen molar-refractivity contribution in [2.24, 2.45) is 0 Å². The van der Waals surface area contributed by atoms with Crippen molar-refractivity contribution in [3.63, 3.8) is 0 Å². The van der Waals surface area contributed by atoms with Crippen LogP contribution in [0.2, 0.25) is 0 Å². The Morgan fingerprint density at radius 3 is 2.56 bits per heavy atom. The van der Waals surface area contributed by atoms with E-state index in [4.69, 9.17) is 15.0 Å². The molecule has 61 heavy (non-hydrogen) atoms. The molecule has 25 heteroatoms. The first-order valence-electron chi connectivity index (χ1n) is 19.2. The predicted molar refractivity (Wildman–Crippen MR) is 211 cm³/mol. The number of imide groups is 1. The molecule has 0 spiro atoms. The molecule has 5 heterocycles. The van der Waals surface area contributed by atoms with Crippen LogP contribution in [-0.4, -0.2) is 101 Å². The van der Waals surface area contributed by atoms with Gasteiger partial charge in [-0.1, -0.05) is 47.8 Å². The number of hydrogen-bond donors (Lipinski definition) is 9. The van der Waals surface area contributed by atoms with Crippen molar-refractivity contribution in [2.75, 3.05) is 24.2 Å². The number of hydrogen-bond acceptors (Lipinski definition) is 14. The normalized spacial score (nSPS) is 23.4. The van der Waals surface area contributed by atoms with Crippen molar-refractivity contribution >= 4 is 62.0 Å². The van der Waals surface area contributed by atoms with Gasteiger partial charge in [-0.15, -0.1) is 0 Å². The zero-order valence-corrected chi connectivity index (χ0v) is 34.1. The lowest BCUT2D eigenvalue weighted by molar-refractivity contribution is -0.745. The van der Waals surface area contributed by atoms with Gasteiger partial charge in [0.15, 0.2) is 6.33 Å². The molecule has 4 amide bonds. The number of aromatic nitrogens is 4. The highest BCUT2D eigenvalue weighted by atomic mass is 31.3. The Bertz CT molecular complexity index is 2500. The van der Waals surface area contributed by atoms with E-state index in [9.17, 15) is 53.1 Å². The average molecular weight is 889 g/mol. The number of unbranched alkanes of at least 4 members (excludes halogenated alkanes) is 2. The molecule has 2 aromatic heterocycles. The Morgan fingerprint density at radius 1 is 1.03 bits per heavy atom. The number of aromatic amines is 1. The van der Waals surface area contributed by atoms with Gasteiger partial charge in [0, 0.05) is 42.7 Å². The number of phosphoric acid groups is 1. The minimum atomic E-state index is -5.27. The molecule has 0 radical (unpaired) electrons. The van der Waals surface area contributed by atoms with Crippen molar-refractivity contribution in [3.05, 3.63) is 81.9 Å². The Labute approximate surface area is 346 Å². The summed E-state index contributed by atoms with van der Waals surface area (Å²) < 4.78 is 43.3. The summed E-state index contributed by atoms with van der Waals surface area (Å²) in [6, 6.07) is 13.2. The molecule has 0 bridgehead atoms.